The largest absolute Gasteiger partial charge is 0.497 e. The highest BCUT2D eigenvalue weighted by atomic mass is 32.1. The molecule has 166 valence electrons. The fraction of sp³-hybridized carbons (Fsp3) is 0.292. The minimum Gasteiger partial charge on any atom is -0.497 e. The summed E-state index contributed by atoms with van der Waals surface area (Å²) in [7, 11) is 1.58. The van der Waals surface area contributed by atoms with E-state index in [-0.39, 0.29) is 11.8 Å². The fourth-order valence-electron chi connectivity index (χ4n) is 3.58. The quantitative estimate of drug-likeness (QED) is 0.572. The molecule has 0 atom stereocenters. The number of methoxy groups -OCH3 is 1. The van der Waals surface area contributed by atoms with E-state index < -0.39 is 0 Å². The van der Waals surface area contributed by atoms with Gasteiger partial charge in [0.25, 0.3) is 11.8 Å². The second kappa shape index (κ2) is 9.82. The van der Waals surface area contributed by atoms with E-state index in [9.17, 15) is 9.59 Å². The molecule has 0 saturated carbocycles. The summed E-state index contributed by atoms with van der Waals surface area (Å²) in [6.07, 6.45) is 0. The first kappa shape index (κ1) is 21.8. The van der Waals surface area contributed by atoms with Crippen LogP contribution in [0.4, 0.5) is 0 Å². The Balaban J connectivity index is 1.34. The number of aryl methyl sites for hydroxylation is 1. The van der Waals surface area contributed by atoms with Crippen LogP contribution in [-0.2, 0) is 6.61 Å². The lowest BCUT2D eigenvalue weighted by molar-refractivity contribution is 0.0535. The van der Waals surface area contributed by atoms with Crippen molar-refractivity contribution in [1.82, 2.24) is 14.8 Å². The molecule has 1 aliphatic rings. The molecular formula is C24H25N3O4S. The van der Waals surface area contributed by atoms with E-state index >= 15 is 0 Å². The zero-order valence-corrected chi connectivity index (χ0v) is 18.9. The van der Waals surface area contributed by atoms with Crippen molar-refractivity contribution in [2.24, 2.45) is 0 Å². The highest BCUT2D eigenvalue weighted by Crippen LogP contribution is 2.19. The summed E-state index contributed by atoms with van der Waals surface area (Å²) in [4.78, 5) is 33.7. The first-order chi connectivity index (χ1) is 15.5. The van der Waals surface area contributed by atoms with E-state index in [1.807, 2.05) is 30.5 Å². The van der Waals surface area contributed by atoms with Crippen molar-refractivity contribution in [1.29, 1.82) is 0 Å². The summed E-state index contributed by atoms with van der Waals surface area (Å²) in [5.74, 6) is 1.17. The Morgan fingerprint density at radius 3 is 2.03 bits per heavy atom. The average Bonchev–Trinajstić information content (AvgIpc) is 3.27. The Morgan fingerprint density at radius 1 is 0.938 bits per heavy atom. The Labute approximate surface area is 191 Å². The maximum absolute atomic E-state index is 13.0. The van der Waals surface area contributed by atoms with E-state index in [1.54, 1.807) is 58.6 Å². The summed E-state index contributed by atoms with van der Waals surface area (Å²) in [6, 6.07) is 14.3. The number of piperazine rings is 1. The highest BCUT2D eigenvalue weighted by Gasteiger charge is 2.26. The van der Waals surface area contributed by atoms with Crippen LogP contribution in [-0.4, -0.2) is 59.9 Å². The van der Waals surface area contributed by atoms with Crippen molar-refractivity contribution >= 4 is 23.2 Å². The minimum absolute atomic E-state index is 0.0522. The first-order valence-electron chi connectivity index (χ1n) is 10.4. The van der Waals surface area contributed by atoms with E-state index in [4.69, 9.17) is 9.47 Å². The van der Waals surface area contributed by atoms with Crippen molar-refractivity contribution in [2.45, 2.75) is 13.5 Å². The molecule has 0 N–H and O–H groups in total. The summed E-state index contributed by atoms with van der Waals surface area (Å²) >= 11 is 1.58. The normalized spacial score (nSPS) is 13.7. The molecule has 0 radical (unpaired) electrons. The summed E-state index contributed by atoms with van der Waals surface area (Å²) < 4.78 is 11.0. The average molecular weight is 452 g/mol. The maximum atomic E-state index is 13.0. The van der Waals surface area contributed by atoms with Crippen LogP contribution in [0.3, 0.4) is 0 Å². The maximum Gasteiger partial charge on any atom is 0.254 e. The number of rotatable bonds is 6. The molecule has 1 aromatic heterocycles. The molecule has 2 aromatic carbocycles. The van der Waals surface area contributed by atoms with Crippen LogP contribution in [0, 0.1) is 6.92 Å². The number of ether oxygens (including phenoxy) is 2. The van der Waals surface area contributed by atoms with Gasteiger partial charge in [0.2, 0.25) is 0 Å². The lowest BCUT2D eigenvalue weighted by atomic mass is 10.1. The third kappa shape index (κ3) is 5.08. The Kier molecular flexibility index (Phi) is 6.70. The van der Waals surface area contributed by atoms with E-state index in [0.717, 1.165) is 10.7 Å². The van der Waals surface area contributed by atoms with Crippen LogP contribution in [0.5, 0.6) is 11.5 Å². The molecule has 0 bridgehead atoms. The molecule has 32 heavy (non-hydrogen) atoms. The van der Waals surface area contributed by atoms with Crippen molar-refractivity contribution < 1.29 is 19.1 Å². The van der Waals surface area contributed by atoms with Crippen LogP contribution < -0.4 is 9.47 Å². The molecule has 2 amide bonds. The zero-order valence-electron chi connectivity index (χ0n) is 18.1. The minimum atomic E-state index is -0.0616. The summed E-state index contributed by atoms with van der Waals surface area (Å²) in [6.45, 7) is 4.27. The lowest BCUT2D eigenvalue weighted by Gasteiger charge is -2.35. The highest BCUT2D eigenvalue weighted by molar-refractivity contribution is 7.09. The molecular weight excluding hydrogens is 426 g/mol. The van der Waals surface area contributed by atoms with Gasteiger partial charge in [-0.05, 0) is 43.3 Å². The second-order valence-corrected chi connectivity index (χ2v) is 8.55. The molecule has 7 nitrogen and oxygen atoms in total. The number of benzene rings is 2. The van der Waals surface area contributed by atoms with Gasteiger partial charge in [0.15, 0.2) is 0 Å². The van der Waals surface area contributed by atoms with Crippen LogP contribution >= 0.6 is 11.3 Å². The molecule has 3 aromatic rings. The molecule has 0 aliphatic carbocycles. The number of hydrogen-bond donors (Lipinski definition) is 0. The topological polar surface area (TPSA) is 72.0 Å². The van der Waals surface area contributed by atoms with Gasteiger partial charge >= 0.3 is 0 Å². The van der Waals surface area contributed by atoms with Gasteiger partial charge in [-0.1, -0.05) is 12.1 Å². The van der Waals surface area contributed by atoms with Crippen molar-refractivity contribution in [3.05, 3.63) is 75.7 Å². The monoisotopic (exact) mass is 451 g/mol. The lowest BCUT2D eigenvalue weighted by Crippen LogP contribution is -2.50. The number of carbonyl (C=O) groups excluding carboxylic acids is 2. The van der Waals surface area contributed by atoms with E-state index in [2.05, 4.69) is 4.98 Å². The summed E-state index contributed by atoms with van der Waals surface area (Å²) in [5, 5.41) is 2.97. The van der Waals surface area contributed by atoms with Gasteiger partial charge in [-0.25, -0.2) is 4.98 Å². The van der Waals surface area contributed by atoms with Crippen LogP contribution in [0.2, 0.25) is 0 Å². The number of aromatic nitrogens is 1. The number of carbonyl (C=O) groups is 2. The Bertz CT molecular complexity index is 1110. The predicted molar refractivity (Wildman–Crippen MR) is 122 cm³/mol. The van der Waals surface area contributed by atoms with Gasteiger partial charge in [-0.3, -0.25) is 9.59 Å². The van der Waals surface area contributed by atoms with Gasteiger partial charge < -0.3 is 19.3 Å². The zero-order chi connectivity index (χ0) is 22.5. The van der Waals surface area contributed by atoms with Gasteiger partial charge in [-0.2, -0.15) is 0 Å². The summed E-state index contributed by atoms with van der Waals surface area (Å²) in [5.41, 5.74) is 2.04. The van der Waals surface area contributed by atoms with Crippen LogP contribution in [0.1, 0.15) is 31.4 Å². The molecule has 4 rings (SSSR count). The molecule has 0 unspecified atom stereocenters. The predicted octanol–water partition coefficient (Wildman–Crippen LogP) is 3.64. The van der Waals surface area contributed by atoms with E-state index in [1.165, 1.54) is 0 Å². The van der Waals surface area contributed by atoms with Gasteiger partial charge in [0, 0.05) is 42.7 Å². The molecule has 1 fully saturated rings. The number of amides is 2. The third-order valence-electron chi connectivity index (χ3n) is 5.31. The van der Waals surface area contributed by atoms with Crippen LogP contribution in [0.15, 0.2) is 53.9 Å². The molecule has 1 saturated heterocycles. The van der Waals surface area contributed by atoms with Crippen molar-refractivity contribution in [3.63, 3.8) is 0 Å². The number of nitrogens with zero attached hydrogens (tertiary/aromatic N) is 3. The standard InChI is InChI=1S/C24H25N3O4S/c1-17-25-20(16-32-17)15-31-22-8-4-6-19(14-22)24(29)27-11-9-26(10-12-27)23(28)18-5-3-7-21(13-18)30-2/h3-8,13-14,16H,9-12,15H2,1-2H3. The van der Waals surface area contributed by atoms with Gasteiger partial charge in [0.05, 0.1) is 17.8 Å². The molecule has 8 heteroatoms. The Morgan fingerprint density at radius 2 is 1.50 bits per heavy atom. The van der Waals surface area contributed by atoms with Gasteiger partial charge in [0.1, 0.15) is 18.1 Å². The number of hydrogen-bond acceptors (Lipinski definition) is 6. The third-order valence-corrected chi connectivity index (χ3v) is 6.13. The molecule has 1 aliphatic heterocycles. The smallest absolute Gasteiger partial charge is 0.254 e. The van der Waals surface area contributed by atoms with Gasteiger partial charge in [-0.15, -0.1) is 11.3 Å². The van der Waals surface area contributed by atoms with Crippen LogP contribution in [0.25, 0.3) is 0 Å². The first-order valence-corrected chi connectivity index (χ1v) is 11.3. The fourth-order valence-corrected chi connectivity index (χ4v) is 4.18. The number of thiazole rings is 1. The second-order valence-electron chi connectivity index (χ2n) is 7.49. The molecule has 2 heterocycles. The van der Waals surface area contributed by atoms with E-state index in [0.29, 0.717) is 55.4 Å². The molecule has 0 spiro atoms. The van der Waals surface area contributed by atoms with Crippen molar-refractivity contribution in [3.8, 4) is 11.5 Å². The van der Waals surface area contributed by atoms with Crippen molar-refractivity contribution in [2.75, 3.05) is 33.3 Å². The SMILES string of the molecule is COc1cccc(C(=O)N2CCN(C(=O)c3cccc(OCc4csc(C)n4)c3)CC2)c1. The Hall–Kier alpha value is -3.39.